The molecular formula is C10H12O4S2. The third kappa shape index (κ3) is 2.99. The number of hydrogen-bond acceptors (Lipinski definition) is 4. The van der Waals surface area contributed by atoms with E-state index in [4.69, 9.17) is 5.11 Å². The molecule has 0 saturated heterocycles. The van der Waals surface area contributed by atoms with Gasteiger partial charge in [-0.3, -0.25) is 0 Å². The number of hydrogen-bond donors (Lipinski definition) is 1. The molecule has 0 saturated carbocycles. The summed E-state index contributed by atoms with van der Waals surface area (Å²) in [6.07, 6.45) is 1.10. The highest BCUT2D eigenvalue weighted by molar-refractivity contribution is 7.99. The van der Waals surface area contributed by atoms with Crippen molar-refractivity contribution < 1.29 is 18.3 Å². The van der Waals surface area contributed by atoms with Crippen LogP contribution in [0.5, 0.6) is 0 Å². The van der Waals surface area contributed by atoms with E-state index in [0.717, 1.165) is 6.26 Å². The monoisotopic (exact) mass is 260 g/mol. The highest BCUT2D eigenvalue weighted by atomic mass is 32.2. The van der Waals surface area contributed by atoms with Gasteiger partial charge in [0.1, 0.15) is 0 Å². The van der Waals surface area contributed by atoms with Gasteiger partial charge < -0.3 is 5.11 Å². The summed E-state index contributed by atoms with van der Waals surface area (Å²) in [6, 6.07) is 4.06. The Morgan fingerprint density at radius 1 is 1.44 bits per heavy atom. The maximum atomic E-state index is 11.3. The molecule has 1 aromatic carbocycles. The number of aromatic carboxylic acids is 1. The fourth-order valence-corrected chi connectivity index (χ4v) is 2.74. The lowest BCUT2D eigenvalue weighted by Crippen LogP contribution is -2.03. The van der Waals surface area contributed by atoms with E-state index in [-0.39, 0.29) is 10.5 Å². The van der Waals surface area contributed by atoms with E-state index in [9.17, 15) is 13.2 Å². The molecule has 0 radical (unpaired) electrons. The van der Waals surface area contributed by atoms with E-state index in [2.05, 4.69) is 0 Å². The topological polar surface area (TPSA) is 71.4 Å². The van der Waals surface area contributed by atoms with Gasteiger partial charge in [-0.2, -0.15) is 0 Å². The van der Waals surface area contributed by atoms with Gasteiger partial charge in [0.2, 0.25) is 0 Å². The molecule has 0 unspecified atom stereocenters. The van der Waals surface area contributed by atoms with Crippen LogP contribution in [0.3, 0.4) is 0 Å². The molecule has 0 aliphatic carbocycles. The Kier molecular flexibility index (Phi) is 3.98. The summed E-state index contributed by atoms with van der Waals surface area (Å²) in [5, 5.41) is 8.92. The Balaban J connectivity index is 3.33. The van der Waals surface area contributed by atoms with Crippen molar-refractivity contribution in [3.05, 3.63) is 23.8 Å². The molecule has 16 heavy (non-hydrogen) atoms. The highest BCUT2D eigenvalue weighted by Gasteiger charge is 2.14. The summed E-state index contributed by atoms with van der Waals surface area (Å²) in [7, 11) is -3.29. The minimum atomic E-state index is -3.29. The number of sulfone groups is 1. The van der Waals surface area contributed by atoms with Crippen LogP contribution in [0.4, 0.5) is 0 Å². The maximum Gasteiger partial charge on any atom is 0.336 e. The summed E-state index contributed by atoms with van der Waals surface area (Å²) in [4.78, 5) is 11.5. The normalized spacial score (nSPS) is 11.4. The van der Waals surface area contributed by atoms with Gasteiger partial charge in [-0.05, 0) is 24.0 Å². The quantitative estimate of drug-likeness (QED) is 0.837. The first-order chi connectivity index (χ1) is 7.36. The van der Waals surface area contributed by atoms with Crippen LogP contribution < -0.4 is 0 Å². The lowest BCUT2D eigenvalue weighted by atomic mass is 10.2. The summed E-state index contributed by atoms with van der Waals surface area (Å²) in [6.45, 7) is 1.88. The van der Waals surface area contributed by atoms with E-state index in [1.807, 2.05) is 6.92 Å². The van der Waals surface area contributed by atoms with Crippen molar-refractivity contribution in [1.29, 1.82) is 0 Å². The van der Waals surface area contributed by atoms with E-state index < -0.39 is 15.8 Å². The second-order valence-electron chi connectivity index (χ2n) is 3.17. The number of carbonyl (C=O) groups is 1. The van der Waals surface area contributed by atoms with Crippen molar-refractivity contribution in [3.63, 3.8) is 0 Å². The van der Waals surface area contributed by atoms with Crippen LogP contribution in [-0.2, 0) is 9.84 Å². The summed E-state index contributed by atoms with van der Waals surface area (Å²) in [5.41, 5.74) is 0.138. The summed E-state index contributed by atoms with van der Waals surface area (Å²) in [5.74, 6) is -0.357. The second kappa shape index (κ2) is 4.88. The average molecular weight is 260 g/mol. The van der Waals surface area contributed by atoms with Gasteiger partial charge in [0.15, 0.2) is 9.84 Å². The molecule has 0 spiro atoms. The molecule has 0 amide bonds. The average Bonchev–Trinajstić information content (AvgIpc) is 2.16. The van der Waals surface area contributed by atoms with Crippen molar-refractivity contribution in [2.45, 2.75) is 16.7 Å². The van der Waals surface area contributed by atoms with Gasteiger partial charge in [0.05, 0.1) is 10.5 Å². The maximum absolute atomic E-state index is 11.3. The fourth-order valence-electron chi connectivity index (χ4n) is 1.18. The van der Waals surface area contributed by atoms with Crippen molar-refractivity contribution >= 4 is 27.6 Å². The minimum Gasteiger partial charge on any atom is -0.478 e. The third-order valence-electron chi connectivity index (χ3n) is 1.91. The molecule has 0 bridgehead atoms. The molecule has 0 aromatic heterocycles. The molecule has 88 valence electrons. The SMILES string of the molecule is CCSc1cc(S(C)(=O)=O)ccc1C(=O)O. The lowest BCUT2D eigenvalue weighted by Gasteiger charge is -2.06. The Morgan fingerprint density at radius 3 is 2.50 bits per heavy atom. The largest absolute Gasteiger partial charge is 0.478 e. The molecule has 1 aromatic rings. The number of carboxylic acids is 1. The molecule has 1 rings (SSSR count). The van der Waals surface area contributed by atoms with Crippen molar-refractivity contribution in [2.75, 3.05) is 12.0 Å². The van der Waals surface area contributed by atoms with E-state index >= 15 is 0 Å². The van der Waals surface area contributed by atoms with Gasteiger partial charge >= 0.3 is 5.97 Å². The molecule has 1 N–H and O–H groups in total. The second-order valence-corrected chi connectivity index (χ2v) is 6.49. The molecular weight excluding hydrogens is 248 g/mol. The Hall–Kier alpha value is -1.01. The molecule has 6 heteroatoms. The molecule has 0 atom stereocenters. The van der Waals surface area contributed by atoms with Gasteiger partial charge in [-0.15, -0.1) is 11.8 Å². The predicted octanol–water partition coefficient (Wildman–Crippen LogP) is 1.90. The van der Waals surface area contributed by atoms with Crippen LogP contribution >= 0.6 is 11.8 Å². The van der Waals surface area contributed by atoms with Crippen LogP contribution in [0, 0.1) is 0 Å². The standard InChI is InChI=1S/C10H12O4S2/c1-3-15-9-6-7(16(2,13)14)4-5-8(9)10(11)12/h4-6H,3H2,1-2H3,(H,11,12). The van der Waals surface area contributed by atoms with Crippen molar-refractivity contribution in [3.8, 4) is 0 Å². The van der Waals surface area contributed by atoms with Gasteiger partial charge in [0.25, 0.3) is 0 Å². The predicted molar refractivity (Wildman–Crippen MR) is 62.9 cm³/mol. The molecule has 4 nitrogen and oxygen atoms in total. The Labute approximate surface area is 98.6 Å². The first kappa shape index (κ1) is 13.1. The van der Waals surface area contributed by atoms with Crippen LogP contribution in [0.1, 0.15) is 17.3 Å². The first-order valence-electron chi connectivity index (χ1n) is 4.56. The van der Waals surface area contributed by atoms with E-state index in [1.165, 1.54) is 30.0 Å². The first-order valence-corrected chi connectivity index (χ1v) is 7.44. The number of thioether (sulfide) groups is 1. The molecule has 0 fully saturated rings. The van der Waals surface area contributed by atoms with Crippen LogP contribution in [0.15, 0.2) is 28.0 Å². The smallest absolute Gasteiger partial charge is 0.336 e. The number of rotatable bonds is 4. The van der Waals surface area contributed by atoms with Crippen LogP contribution in [-0.4, -0.2) is 31.5 Å². The molecule has 0 aliphatic heterocycles. The van der Waals surface area contributed by atoms with Crippen molar-refractivity contribution in [2.24, 2.45) is 0 Å². The van der Waals surface area contributed by atoms with Gasteiger partial charge in [-0.1, -0.05) is 6.92 Å². The van der Waals surface area contributed by atoms with Gasteiger partial charge in [-0.25, -0.2) is 13.2 Å². The number of carboxylic acid groups (broad SMARTS) is 1. The Morgan fingerprint density at radius 2 is 2.06 bits per heavy atom. The zero-order valence-corrected chi connectivity index (χ0v) is 10.6. The summed E-state index contributed by atoms with van der Waals surface area (Å²) >= 11 is 1.32. The van der Waals surface area contributed by atoms with Crippen molar-refractivity contribution in [1.82, 2.24) is 0 Å². The third-order valence-corrected chi connectivity index (χ3v) is 3.96. The number of benzene rings is 1. The van der Waals surface area contributed by atoms with E-state index in [0.29, 0.717) is 10.6 Å². The fraction of sp³-hybridized carbons (Fsp3) is 0.300. The Bertz CT molecular complexity index is 506. The summed E-state index contributed by atoms with van der Waals surface area (Å²) < 4.78 is 22.6. The van der Waals surface area contributed by atoms with Crippen LogP contribution in [0.2, 0.25) is 0 Å². The van der Waals surface area contributed by atoms with Crippen LogP contribution in [0.25, 0.3) is 0 Å². The molecule has 0 aliphatic rings. The van der Waals surface area contributed by atoms with E-state index in [1.54, 1.807) is 0 Å². The van der Waals surface area contributed by atoms with Gasteiger partial charge in [0, 0.05) is 11.2 Å². The zero-order valence-electron chi connectivity index (χ0n) is 8.93. The highest BCUT2D eigenvalue weighted by Crippen LogP contribution is 2.25. The lowest BCUT2D eigenvalue weighted by molar-refractivity contribution is 0.0693. The molecule has 0 heterocycles. The zero-order chi connectivity index (χ0) is 12.3. The minimum absolute atomic E-state index is 0.138.